The highest BCUT2D eigenvalue weighted by Crippen LogP contribution is 2.36. The summed E-state index contributed by atoms with van der Waals surface area (Å²) in [5.41, 5.74) is 2.88. The number of benzene rings is 1. The van der Waals surface area contributed by atoms with Crippen LogP contribution in [-0.4, -0.2) is 28.7 Å². The highest BCUT2D eigenvalue weighted by Gasteiger charge is 2.23. The molecule has 3 N–H and O–H groups in total. The van der Waals surface area contributed by atoms with Gasteiger partial charge in [0, 0.05) is 35.9 Å². The van der Waals surface area contributed by atoms with Crippen LogP contribution in [0, 0.1) is 0 Å². The number of hydrogen-bond donors (Lipinski definition) is 3. The Bertz CT molecular complexity index is 893. The Morgan fingerprint density at radius 2 is 2.03 bits per heavy atom. The lowest BCUT2D eigenvalue weighted by Gasteiger charge is -2.26. The number of hydrogen-bond acceptors (Lipinski definition) is 5. The van der Waals surface area contributed by atoms with Crippen molar-refractivity contribution >= 4 is 39.7 Å². The predicted molar refractivity (Wildman–Crippen MR) is 120 cm³/mol. The second-order valence-corrected chi connectivity index (χ2v) is 8.88. The maximum absolute atomic E-state index is 11.5. The molecule has 2 aliphatic rings. The summed E-state index contributed by atoms with van der Waals surface area (Å²) in [6.45, 7) is 2.15. The molecule has 1 fully saturated rings. The molecule has 1 aromatic heterocycles. The molecule has 4 rings (SSSR count). The number of nitrogens with zero attached hydrogens (tertiary/aromatic N) is 1. The van der Waals surface area contributed by atoms with Gasteiger partial charge >= 0.3 is 0 Å². The number of nitrogens with one attached hydrogen (secondary N) is 3. The summed E-state index contributed by atoms with van der Waals surface area (Å²) in [5.74, 6) is 0.789. The SMILES string of the molecule is CC(=O)NC1CCOc2ccc(-c3csc(NC(=S)NC4CCCCC4)n3)cc21. The maximum atomic E-state index is 11.5. The van der Waals surface area contributed by atoms with Gasteiger partial charge in [0.05, 0.1) is 18.3 Å². The Hall–Kier alpha value is -2.19. The average molecular weight is 431 g/mol. The van der Waals surface area contributed by atoms with Crippen molar-refractivity contribution in [3.05, 3.63) is 29.1 Å². The van der Waals surface area contributed by atoms with E-state index >= 15 is 0 Å². The van der Waals surface area contributed by atoms with Crippen LogP contribution in [0.15, 0.2) is 23.6 Å². The van der Waals surface area contributed by atoms with Crippen LogP contribution in [0.3, 0.4) is 0 Å². The Morgan fingerprint density at radius 3 is 2.83 bits per heavy atom. The van der Waals surface area contributed by atoms with Crippen LogP contribution in [-0.2, 0) is 4.79 Å². The normalized spacial score (nSPS) is 19.0. The number of thiazole rings is 1. The Labute approximate surface area is 180 Å². The molecule has 2 heterocycles. The molecule has 0 saturated heterocycles. The van der Waals surface area contributed by atoms with E-state index in [0.29, 0.717) is 17.8 Å². The van der Waals surface area contributed by atoms with E-state index in [4.69, 9.17) is 21.9 Å². The van der Waals surface area contributed by atoms with Gasteiger partial charge in [-0.1, -0.05) is 19.3 Å². The molecule has 0 spiro atoms. The van der Waals surface area contributed by atoms with E-state index in [2.05, 4.69) is 22.0 Å². The molecule has 2 aromatic rings. The highest BCUT2D eigenvalue weighted by molar-refractivity contribution is 7.80. The van der Waals surface area contributed by atoms with Gasteiger partial charge in [0.25, 0.3) is 0 Å². The van der Waals surface area contributed by atoms with Crippen LogP contribution >= 0.6 is 23.6 Å². The van der Waals surface area contributed by atoms with Gasteiger partial charge in [0.1, 0.15) is 5.75 Å². The van der Waals surface area contributed by atoms with Crippen molar-refractivity contribution in [3.8, 4) is 17.0 Å². The average Bonchev–Trinajstić information content (AvgIpc) is 3.16. The minimum absolute atomic E-state index is 0.0281. The number of ether oxygens (including phenoxy) is 1. The molecule has 0 radical (unpaired) electrons. The summed E-state index contributed by atoms with van der Waals surface area (Å²) >= 11 is 7.00. The summed E-state index contributed by atoms with van der Waals surface area (Å²) in [4.78, 5) is 16.2. The van der Waals surface area contributed by atoms with E-state index in [-0.39, 0.29) is 11.9 Å². The third-order valence-corrected chi connectivity index (χ3v) is 6.37. The highest BCUT2D eigenvalue weighted by atomic mass is 32.1. The number of carbonyl (C=O) groups excluding carboxylic acids is 1. The van der Waals surface area contributed by atoms with E-state index in [1.807, 2.05) is 17.5 Å². The Kier molecular flexibility index (Phi) is 6.30. The number of anilines is 1. The Morgan fingerprint density at radius 1 is 1.21 bits per heavy atom. The fourth-order valence-corrected chi connectivity index (χ4v) is 5.03. The molecule has 1 unspecified atom stereocenters. The van der Waals surface area contributed by atoms with Gasteiger partial charge in [-0.25, -0.2) is 4.98 Å². The number of rotatable bonds is 4. The summed E-state index contributed by atoms with van der Waals surface area (Å²) in [6.07, 6.45) is 6.98. The fourth-order valence-electron chi connectivity index (χ4n) is 3.98. The standard InChI is InChI=1S/C21H26N4O2S2/c1-13(26)22-17-9-10-27-19-8-7-14(11-16(17)19)18-12-29-21(24-18)25-20(28)23-15-5-3-2-4-6-15/h7-8,11-12,15,17H,2-6,9-10H2,1H3,(H,22,26)(H2,23,24,25,28). The van der Waals surface area contributed by atoms with Gasteiger partial charge in [-0.15, -0.1) is 11.3 Å². The van der Waals surface area contributed by atoms with Crippen molar-refractivity contribution < 1.29 is 9.53 Å². The van der Waals surface area contributed by atoms with Crippen molar-refractivity contribution in [1.82, 2.24) is 15.6 Å². The molecule has 6 nitrogen and oxygen atoms in total. The third-order valence-electron chi connectivity index (χ3n) is 5.39. The molecule has 29 heavy (non-hydrogen) atoms. The van der Waals surface area contributed by atoms with E-state index in [0.717, 1.165) is 34.1 Å². The molecular formula is C21H26N4O2S2. The zero-order valence-electron chi connectivity index (χ0n) is 16.5. The second-order valence-electron chi connectivity index (χ2n) is 7.61. The first-order chi connectivity index (χ1) is 14.1. The smallest absolute Gasteiger partial charge is 0.217 e. The minimum atomic E-state index is -0.0348. The maximum Gasteiger partial charge on any atom is 0.217 e. The van der Waals surface area contributed by atoms with Crippen LogP contribution in [0.4, 0.5) is 5.13 Å². The third kappa shape index (κ3) is 5.05. The van der Waals surface area contributed by atoms with Crippen LogP contribution in [0.2, 0.25) is 0 Å². The molecule has 1 aliphatic carbocycles. The van der Waals surface area contributed by atoms with Crippen molar-refractivity contribution in [3.63, 3.8) is 0 Å². The van der Waals surface area contributed by atoms with Crippen LogP contribution in [0.1, 0.15) is 57.1 Å². The van der Waals surface area contributed by atoms with Gasteiger partial charge < -0.3 is 20.7 Å². The van der Waals surface area contributed by atoms with Gasteiger partial charge in [-0.3, -0.25) is 4.79 Å². The van der Waals surface area contributed by atoms with E-state index in [9.17, 15) is 4.79 Å². The first-order valence-corrected chi connectivity index (χ1v) is 11.4. The largest absolute Gasteiger partial charge is 0.493 e. The molecule has 154 valence electrons. The number of aromatic nitrogens is 1. The van der Waals surface area contributed by atoms with E-state index < -0.39 is 0 Å². The van der Waals surface area contributed by atoms with Gasteiger partial charge in [0.2, 0.25) is 5.91 Å². The van der Waals surface area contributed by atoms with Gasteiger partial charge in [0.15, 0.2) is 10.2 Å². The predicted octanol–water partition coefficient (Wildman–Crippen LogP) is 4.39. The molecule has 1 saturated carbocycles. The zero-order valence-corrected chi connectivity index (χ0v) is 18.1. The number of thiocarbonyl (C=S) groups is 1. The summed E-state index contributed by atoms with van der Waals surface area (Å²) in [6, 6.07) is 6.47. The molecule has 1 aromatic carbocycles. The van der Waals surface area contributed by atoms with Crippen LogP contribution in [0.5, 0.6) is 5.75 Å². The molecule has 1 atom stereocenters. The Balaban J connectivity index is 1.45. The van der Waals surface area contributed by atoms with E-state index in [1.54, 1.807) is 6.92 Å². The van der Waals surface area contributed by atoms with Crippen molar-refractivity contribution in [2.45, 2.75) is 57.5 Å². The molecular weight excluding hydrogens is 404 g/mol. The van der Waals surface area contributed by atoms with Crippen LogP contribution < -0.4 is 20.7 Å². The first-order valence-electron chi connectivity index (χ1n) is 10.2. The van der Waals surface area contributed by atoms with Crippen molar-refractivity contribution in [1.29, 1.82) is 0 Å². The van der Waals surface area contributed by atoms with Crippen molar-refractivity contribution in [2.75, 3.05) is 11.9 Å². The quantitative estimate of drug-likeness (QED) is 0.625. The second kappa shape index (κ2) is 9.09. The van der Waals surface area contributed by atoms with Crippen LogP contribution in [0.25, 0.3) is 11.3 Å². The summed E-state index contributed by atoms with van der Waals surface area (Å²) < 4.78 is 5.75. The van der Waals surface area contributed by atoms with Gasteiger partial charge in [-0.2, -0.15) is 0 Å². The lowest BCUT2D eigenvalue weighted by molar-refractivity contribution is -0.119. The van der Waals surface area contributed by atoms with Crippen molar-refractivity contribution in [2.24, 2.45) is 0 Å². The number of carbonyl (C=O) groups is 1. The lowest BCUT2D eigenvalue weighted by Crippen LogP contribution is -2.38. The number of amides is 1. The summed E-state index contributed by atoms with van der Waals surface area (Å²) in [5, 5.41) is 13.1. The molecule has 1 amide bonds. The molecule has 8 heteroatoms. The topological polar surface area (TPSA) is 75.3 Å². The fraction of sp³-hybridized carbons (Fsp3) is 0.476. The zero-order chi connectivity index (χ0) is 20.2. The monoisotopic (exact) mass is 430 g/mol. The molecule has 0 bridgehead atoms. The molecule has 1 aliphatic heterocycles. The first kappa shape index (κ1) is 20.1. The van der Waals surface area contributed by atoms with Gasteiger partial charge in [-0.05, 0) is 43.3 Å². The number of fused-ring (bicyclic) bond motifs is 1. The lowest BCUT2D eigenvalue weighted by atomic mass is 9.96. The van der Waals surface area contributed by atoms with E-state index in [1.165, 1.54) is 43.4 Å². The summed E-state index contributed by atoms with van der Waals surface area (Å²) in [7, 11) is 0. The minimum Gasteiger partial charge on any atom is -0.493 e.